The highest BCUT2D eigenvalue weighted by Crippen LogP contribution is 2.46. The number of nitrogens with one attached hydrogen (secondary N) is 1. The van der Waals surface area contributed by atoms with Crippen molar-refractivity contribution in [1.29, 1.82) is 0 Å². The quantitative estimate of drug-likeness (QED) is 0.782. The fourth-order valence-electron chi connectivity index (χ4n) is 3.08. The first-order valence-corrected chi connectivity index (χ1v) is 8.54. The molecule has 1 fully saturated rings. The molecule has 2 N–H and O–H groups in total. The van der Waals surface area contributed by atoms with E-state index in [9.17, 15) is 18.3 Å². The zero-order valence-electron chi connectivity index (χ0n) is 13.9. The molecule has 1 aliphatic carbocycles. The van der Waals surface area contributed by atoms with Gasteiger partial charge in [0.1, 0.15) is 0 Å². The van der Waals surface area contributed by atoms with Crippen LogP contribution in [0.15, 0.2) is 54.6 Å². The number of benzene rings is 2. The average molecular weight is 349 g/mol. The van der Waals surface area contributed by atoms with Crippen LogP contribution in [0.4, 0.5) is 13.2 Å². The van der Waals surface area contributed by atoms with Crippen LogP contribution < -0.4 is 5.32 Å². The largest absolute Gasteiger partial charge is 0.416 e. The second-order valence-electron chi connectivity index (χ2n) is 6.72. The molecule has 2 nitrogen and oxygen atoms in total. The molecule has 1 saturated carbocycles. The standard InChI is InChI=1S/C20H22F3NO/c21-20(22,23)17-8-4-7-16(13-17)19(11-12-19)24-14-18(25)10-9-15-5-2-1-3-6-15/h1-8,13,18,24-25H,9-12,14H2. The molecular formula is C20H22F3NO. The van der Waals surface area contributed by atoms with Gasteiger partial charge in [-0.3, -0.25) is 0 Å². The fraction of sp³-hybridized carbons (Fsp3) is 0.400. The van der Waals surface area contributed by atoms with Crippen LogP contribution >= 0.6 is 0 Å². The number of aliphatic hydroxyl groups excluding tert-OH is 1. The van der Waals surface area contributed by atoms with Crippen molar-refractivity contribution >= 4 is 0 Å². The normalized spacial score (nSPS) is 17.3. The van der Waals surface area contributed by atoms with Crippen LogP contribution in [0.1, 0.15) is 36.0 Å². The molecule has 0 aliphatic heterocycles. The SMILES string of the molecule is OC(CCc1ccccc1)CNC1(c2cccc(C(F)(F)F)c2)CC1. The summed E-state index contributed by atoms with van der Waals surface area (Å²) in [7, 11) is 0. The highest BCUT2D eigenvalue weighted by molar-refractivity contribution is 5.35. The average Bonchev–Trinajstić information content (AvgIpc) is 3.40. The van der Waals surface area contributed by atoms with E-state index in [1.807, 2.05) is 30.3 Å². The van der Waals surface area contributed by atoms with Crippen LogP contribution in [-0.4, -0.2) is 17.8 Å². The van der Waals surface area contributed by atoms with Crippen molar-refractivity contribution < 1.29 is 18.3 Å². The predicted octanol–water partition coefficient (Wildman–Crippen LogP) is 4.28. The molecule has 134 valence electrons. The molecule has 0 saturated heterocycles. The lowest BCUT2D eigenvalue weighted by molar-refractivity contribution is -0.137. The zero-order chi connectivity index (χ0) is 17.9. The zero-order valence-corrected chi connectivity index (χ0v) is 13.9. The van der Waals surface area contributed by atoms with E-state index in [4.69, 9.17) is 0 Å². The van der Waals surface area contributed by atoms with Gasteiger partial charge in [0.25, 0.3) is 0 Å². The molecule has 1 unspecified atom stereocenters. The van der Waals surface area contributed by atoms with Crippen molar-refractivity contribution in [1.82, 2.24) is 5.32 Å². The van der Waals surface area contributed by atoms with Gasteiger partial charge < -0.3 is 10.4 Å². The predicted molar refractivity (Wildman–Crippen MR) is 91.1 cm³/mol. The van der Waals surface area contributed by atoms with Crippen molar-refractivity contribution in [2.24, 2.45) is 0 Å². The molecule has 0 aromatic heterocycles. The van der Waals surface area contributed by atoms with E-state index in [2.05, 4.69) is 5.32 Å². The number of hydrogen-bond acceptors (Lipinski definition) is 2. The Hall–Kier alpha value is -1.85. The summed E-state index contributed by atoms with van der Waals surface area (Å²) in [5.74, 6) is 0. The maximum atomic E-state index is 12.9. The molecule has 0 bridgehead atoms. The summed E-state index contributed by atoms with van der Waals surface area (Å²) in [5.41, 5.74) is 0.774. The topological polar surface area (TPSA) is 32.3 Å². The van der Waals surface area contributed by atoms with Crippen molar-refractivity contribution in [3.05, 3.63) is 71.3 Å². The number of halogens is 3. The Morgan fingerprint density at radius 2 is 1.76 bits per heavy atom. The van der Waals surface area contributed by atoms with Crippen molar-refractivity contribution in [3.8, 4) is 0 Å². The van der Waals surface area contributed by atoms with Crippen molar-refractivity contribution in [2.75, 3.05) is 6.54 Å². The van der Waals surface area contributed by atoms with E-state index < -0.39 is 23.4 Å². The van der Waals surface area contributed by atoms with Crippen LogP contribution in [0.5, 0.6) is 0 Å². The minimum atomic E-state index is -4.33. The van der Waals surface area contributed by atoms with Crippen LogP contribution in [0.3, 0.4) is 0 Å². The molecule has 2 aromatic rings. The van der Waals surface area contributed by atoms with Crippen LogP contribution in [0.2, 0.25) is 0 Å². The molecule has 0 heterocycles. The van der Waals surface area contributed by atoms with E-state index in [0.717, 1.165) is 25.3 Å². The number of aryl methyl sites for hydroxylation is 1. The minimum Gasteiger partial charge on any atom is -0.392 e. The number of hydrogen-bond donors (Lipinski definition) is 2. The van der Waals surface area contributed by atoms with E-state index in [1.165, 1.54) is 17.7 Å². The van der Waals surface area contributed by atoms with Gasteiger partial charge in [-0.05, 0) is 48.9 Å². The molecule has 25 heavy (non-hydrogen) atoms. The van der Waals surface area contributed by atoms with Crippen molar-refractivity contribution in [2.45, 2.75) is 43.5 Å². The van der Waals surface area contributed by atoms with Gasteiger partial charge in [0.15, 0.2) is 0 Å². The Balaban J connectivity index is 1.56. The van der Waals surface area contributed by atoms with Gasteiger partial charge in [0.2, 0.25) is 0 Å². The molecule has 2 aromatic carbocycles. The second-order valence-corrected chi connectivity index (χ2v) is 6.72. The first kappa shape index (κ1) is 18.0. The van der Waals surface area contributed by atoms with Crippen LogP contribution in [0.25, 0.3) is 0 Å². The third kappa shape index (κ3) is 4.61. The van der Waals surface area contributed by atoms with Gasteiger partial charge >= 0.3 is 6.18 Å². The highest BCUT2D eigenvalue weighted by atomic mass is 19.4. The summed E-state index contributed by atoms with van der Waals surface area (Å²) in [5, 5.41) is 13.5. The molecule has 1 atom stereocenters. The van der Waals surface area contributed by atoms with Gasteiger partial charge in [0, 0.05) is 12.1 Å². The first-order valence-electron chi connectivity index (χ1n) is 8.54. The highest BCUT2D eigenvalue weighted by Gasteiger charge is 2.45. The van der Waals surface area contributed by atoms with Crippen LogP contribution in [0, 0.1) is 0 Å². The van der Waals surface area contributed by atoms with E-state index in [0.29, 0.717) is 18.5 Å². The maximum absolute atomic E-state index is 12.9. The summed E-state index contributed by atoms with van der Waals surface area (Å²) in [6.07, 6.45) is -1.88. The summed E-state index contributed by atoms with van der Waals surface area (Å²) >= 11 is 0. The third-order valence-corrected chi connectivity index (χ3v) is 4.78. The third-order valence-electron chi connectivity index (χ3n) is 4.78. The van der Waals surface area contributed by atoms with E-state index >= 15 is 0 Å². The Bertz CT molecular complexity index is 696. The summed E-state index contributed by atoms with van der Waals surface area (Å²) in [4.78, 5) is 0. The molecule has 0 amide bonds. The molecule has 1 aliphatic rings. The van der Waals surface area contributed by atoms with E-state index in [-0.39, 0.29) is 0 Å². The minimum absolute atomic E-state index is 0.378. The summed E-state index contributed by atoms with van der Waals surface area (Å²) in [6, 6.07) is 15.4. The van der Waals surface area contributed by atoms with Crippen molar-refractivity contribution in [3.63, 3.8) is 0 Å². The maximum Gasteiger partial charge on any atom is 0.416 e. The summed E-state index contributed by atoms with van der Waals surface area (Å²) < 4.78 is 38.7. The molecule has 5 heteroatoms. The van der Waals surface area contributed by atoms with Gasteiger partial charge in [0.05, 0.1) is 11.7 Å². The fourth-order valence-corrected chi connectivity index (χ4v) is 3.08. The lowest BCUT2D eigenvalue weighted by Crippen LogP contribution is -2.36. The Morgan fingerprint density at radius 3 is 2.40 bits per heavy atom. The molecule has 0 spiro atoms. The lowest BCUT2D eigenvalue weighted by Gasteiger charge is -2.21. The van der Waals surface area contributed by atoms with Gasteiger partial charge in [-0.25, -0.2) is 0 Å². The van der Waals surface area contributed by atoms with Gasteiger partial charge in [-0.2, -0.15) is 13.2 Å². The molecule has 0 radical (unpaired) electrons. The first-order chi connectivity index (χ1) is 11.9. The molecular weight excluding hydrogens is 327 g/mol. The molecule has 3 rings (SSSR count). The smallest absolute Gasteiger partial charge is 0.392 e. The Kier molecular flexibility index (Phi) is 5.16. The Labute approximate surface area is 145 Å². The monoisotopic (exact) mass is 349 g/mol. The van der Waals surface area contributed by atoms with Gasteiger partial charge in [-0.1, -0.05) is 42.5 Å². The van der Waals surface area contributed by atoms with Crippen LogP contribution in [-0.2, 0) is 18.1 Å². The summed E-state index contributed by atoms with van der Waals surface area (Å²) in [6.45, 7) is 0.378. The second kappa shape index (κ2) is 7.18. The number of rotatable bonds is 7. The lowest BCUT2D eigenvalue weighted by atomic mass is 10.0. The number of aliphatic hydroxyl groups is 1. The van der Waals surface area contributed by atoms with Gasteiger partial charge in [-0.15, -0.1) is 0 Å². The van der Waals surface area contributed by atoms with E-state index in [1.54, 1.807) is 6.07 Å². The number of alkyl halides is 3. The Morgan fingerprint density at radius 1 is 1.04 bits per heavy atom.